The number of rotatable bonds is 8. The Kier molecular flexibility index (Phi) is 6.79. The highest BCUT2D eigenvalue weighted by Crippen LogP contribution is 2.40. The van der Waals surface area contributed by atoms with E-state index in [-0.39, 0.29) is 12.2 Å². The maximum absolute atomic E-state index is 13.1. The maximum Gasteiger partial charge on any atom is 0.337 e. The number of benzene rings is 1. The van der Waals surface area contributed by atoms with E-state index < -0.39 is 11.9 Å². The van der Waals surface area contributed by atoms with Crippen molar-refractivity contribution in [2.24, 2.45) is 0 Å². The number of esters is 1. The molecular weight excluding hydrogens is 402 g/mol. The lowest BCUT2D eigenvalue weighted by atomic mass is 9.82. The summed E-state index contributed by atoms with van der Waals surface area (Å²) in [5, 5.41) is 3.58. The zero-order chi connectivity index (χ0) is 21.7. The molecule has 0 radical (unpaired) electrons. The van der Waals surface area contributed by atoms with Gasteiger partial charge >= 0.3 is 5.97 Å². The summed E-state index contributed by atoms with van der Waals surface area (Å²) >= 11 is 1.37. The molecule has 3 rings (SSSR count). The minimum atomic E-state index is -0.664. The third-order valence-corrected chi connectivity index (χ3v) is 5.41. The van der Waals surface area contributed by atoms with E-state index in [1.54, 1.807) is 32.2 Å². The fraction of sp³-hybridized carbons (Fsp3) is 0.227. The van der Waals surface area contributed by atoms with E-state index in [4.69, 9.17) is 9.47 Å². The van der Waals surface area contributed by atoms with Crippen LogP contribution in [-0.4, -0.2) is 35.4 Å². The summed E-state index contributed by atoms with van der Waals surface area (Å²) in [6.07, 6.45) is 3.23. The summed E-state index contributed by atoms with van der Waals surface area (Å²) in [7, 11) is 1.56. The average Bonchev–Trinajstić information content (AvgIpc) is 2.75. The van der Waals surface area contributed by atoms with E-state index in [2.05, 4.69) is 28.4 Å². The van der Waals surface area contributed by atoms with Crippen LogP contribution in [0.15, 0.2) is 70.8 Å². The van der Waals surface area contributed by atoms with Gasteiger partial charge in [-0.1, -0.05) is 42.6 Å². The molecule has 1 atom stereocenters. The number of aromatic nitrogens is 2. The number of hydrogen-bond donors (Lipinski definition) is 2. The van der Waals surface area contributed by atoms with Crippen molar-refractivity contribution in [3.63, 3.8) is 0 Å². The van der Waals surface area contributed by atoms with Crippen LogP contribution in [0.3, 0.4) is 0 Å². The summed E-state index contributed by atoms with van der Waals surface area (Å²) in [5.41, 5.74) is 1.66. The molecule has 1 aliphatic heterocycles. The highest BCUT2D eigenvalue weighted by molar-refractivity contribution is 7.99. The lowest BCUT2D eigenvalue weighted by Gasteiger charge is -2.29. The van der Waals surface area contributed by atoms with Crippen molar-refractivity contribution < 1.29 is 14.3 Å². The van der Waals surface area contributed by atoms with Gasteiger partial charge in [-0.05, 0) is 24.6 Å². The second-order valence-corrected chi connectivity index (χ2v) is 7.50. The van der Waals surface area contributed by atoms with Crippen LogP contribution < -0.4 is 15.6 Å². The molecule has 0 aliphatic carbocycles. The molecule has 2 aromatic rings. The van der Waals surface area contributed by atoms with Gasteiger partial charge in [0, 0.05) is 11.4 Å². The first-order valence-electron chi connectivity index (χ1n) is 9.27. The number of ether oxygens (including phenoxy) is 2. The Hall–Kier alpha value is -3.26. The van der Waals surface area contributed by atoms with Crippen LogP contribution in [0.4, 0.5) is 5.82 Å². The van der Waals surface area contributed by atoms with Gasteiger partial charge in [0.1, 0.15) is 18.2 Å². The molecule has 1 aliphatic rings. The molecule has 0 fully saturated rings. The molecule has 0 saturated heterocycles. The molecule has 2 N–H and O–H groups in total. The molecule has 2 heterocycles. The SMILES string of the molecule is C=CCOC(=O)C1=C(C)Nc2nc(SCC=C)[nH]c(=O)c2[C@H]1c1cccc(OC)c1. The number of H-pyrrole nitrogens is 1. The fourth-order valence-electron chi connectivity index (χ4n) is 3.27. The summed E-state index contributed by atoms with van der Waals surface area (Å²) < 4.78 is 10.6. The lowest BCUT2D eigenvalue weighted by Crippen LogP contribution is -2.31. The smallest absolute Gasteiger partial charge is 0.337 e. The molecule has 8 heteroatoms. The van der Waals surface area contributed by atoms with Gasteiger partial charge in [0.15, 0.2) is 5.16 Å². The standard InChI is InChI=1S/C22H23N3O4S/c1-5-10-29-21(27)16-13(3)23-19-18(20(26)25-22(24-19)30-11-6-2)17(16)14-8-7-9-15(12-14)28-4/h5-9,12,17H,1-2,10-11H2,3-4H3,(H2,23,24,25,26)/t17-/m0/s1. The molecule has 0 bridgehead atoms. The highest BCUT2D eigenvalue weighted by Gasteiger charge is 2.36. The number of nitrogens with zero attached hydrogens (tertiary/aromatic N) is 1. The number of fused-ring (bicyclic) bond motifs is 1. The molecule has 0 unspecified atom stereocenters. The Labute approximate surface area is 178 Å². The first kappa shape index (κ1) is 21.4. The number of carbonyl (C=O) groups excluding carboxylic acids is 1. The number of thioether (sulfide) groups is 1. The number of carbonyl (C=O) groups is 1. The molecule has 1 aromatic heterocycles. The number of methoxy groups -OCH3 is 1. The van der Waals surface area contributed by atoms with Gasteiger partial charge in [0.2, 0.25) is 0 Å². The van der Waals surface area contributed by atoms with E-state index in [0.717, 1.165) is 5.56 Å². The number of anilines is 1. The minimum absolute atomic E-state index is 0.0685. The molecular formula is C22H23N3O4S. The van der Waals surface area contributed by atoms with Gasteiger partial charge < -0.3 is 19.8 Å². The molecule has 1 aromatic carbocycles. The number of allylic oxidation sites excluding steroid dienone is 1. The molecule has 156 valence electrons. The summed E-state index contributed by atoms with van der Waals surface area (Å²) in [5.74, 6) is 0.448. The molecule has 0 spiro atoms. The Bertz CT molecular complexity index is 1070. The molecule has 0 saturated carbocycles. The van der Waals surface area contributed by atoms with Crippen molar-refractivity contribution in [1.29, 1.82) is 0 Å². The van der Waals surface area contributed by atoms with E-state index in [0.29, 0.717) is 39.3 Å². The molecule has 0 amide bonds. The van der Waals surface area contributed by atoms with E-state index >= 15 is 0 Å². The Balaban J connectivity index is 2.19. The monoisotopic (exact) mass is 425 g/mol. The zero-order valence-electron chi connectivity index (χ0n) is 16.9. The molecule has 30 heavy (non-hydrogen) atoms. The van der Waals surface area contributed by atoms with Crippen LogP contribution in [0.25, 0.3) is 0 Å². The summed E-state index contributed by atoms with van der Waals surface area (Å²) in [4.78, 5) is 33.3. The van der Waals surface area contributed by atoms with Crippen molar-refractivity contribution in [2.75, 3.05) is 24.8 Å². The van der Waals surface area contributed by atoms with Crippen molar-refractivity contribution in [2.45, 2.75) is 18.0 Å². The first-order valence-corrected chi connectivity index (χ1v) is 10.3. The number of hydrogen-bond acceptors (Lipinski definition) is 7. The van der Waals surface area contributed by atoms with E-state index in [1.807, 2.05) is 12.1 Å². The second kappa shape index (κ2) is 9.49. The van der Waals surface area contributed by atoms with Gasteiger partial charge in [0.25, 0.3) is 5.56 Å². The second-order valence-electron chi connectivity index (χ2n) is 6.49. The van der Waals surface area contributed by atoms with Crippen LogP contribution >= 0.6 is 11.8 Å². The average molecular weight is 426 g/mol. The summed E-state index contributed by atoms with van der Waals surface area (Å²) in [6.45, 7) is 9.10. The van der Waals surface area contributed by atoms with Gasteiger partial charge in [-0.25, -0.2) is 9.78 Å². The van der Waals surface area contributed by atoms with Crippen molar-refractivity contribution >= 4 is 23.5 Å². The maximum atomic E-state index is 13.1. The lowest BCUT2D eigenvalue weighted by molar-refractivity contribution is -0.138. The summed E-state index contributed by atoms with van der Waals surface area (Å²) in [6, 6.07) is 7.26. The van der Waals surface area contributed by atoms with Gasteiger partial charge in [-0.3, -0.25) is 4.79 Å². The Morgan fingerprint density at radius 1 is 1.33 bits per heavy atom. The largest absolute Gasteiger partial charge is 0.497 e. The fourth-order valence-corrected chi connectivity index (χ4v) is 3.87. The third kappa shape index (κ3) is 4.33. The van der Waals surface area contributed by atoms with Gasteiger partial charge in [0.05, 0.1) is 24.2 Å². The predicted molar refractivity (Wildman–Crippen MR) is 118 cm³/mol. The third-order valence-electron chi connectivity index (χ3n) is 4.54. The number of aromatic amines is 1. The van der Waals surface area contributed by atoms with E-state index in [9.17, 15) is 9.59 Å². The quantitative estimate of drug-likeness (QED) is 0.289. The predicted octanol–water partition coefficient (Wildman–Crippen LogP) is 3.62. The van der Waals surface area contributed by atoms with Crippen LogP contribution in [-0.2, 0) is 9.53 Å². The number of nitrogens with one attached hydrogen (secondary N) is 2. The van der Waals surface area contributed by atoms with Crippen LogP contribution in [0, 0.1) is 0 Å². The van der Waals surface area contributed by atoms with Gasteiger partial charge in [-0.15, -0.1) is 6.58 Å². The van der Waals surface area contributed by atoms with Crippen LogP contribution in [0.1, 0.15) is 24.0 Å². The highest BCUT2D eigenvalue weighted by atomic mass is 32.2. The van der Waals surface area contributed by atoms with Gasteiger partial charge in [-0.2, -0.15) is 0 Å². The topological polar surface area (TPSA) is 93.3 Å². The molecule has 7 nitrogen and oxygen atoms in total. The first-order chi connectivity index (χ1) is 14.5. The minimum Gasteiger partial charge on any atom is -0.497 e. The Morgan fingerprint density at radius 3 is 2.83 bits per heavy atom. The van der Waals surface area contributed by atoms with Crippen LogP contribution in [0.5, 0.6) is 5.75 Å². The zero-order valence-corrected chi connectivity index (χ0v) is 17.7. The van der Waals surface area contributed by atoms with Crippen molar-refractivity contribution in [1.82, 2.24) is 9.97 Å². The van der Waals surface area contributed by atoms with Crippen molar-refractivity contribution in [3.8, 4) is 5.75 Å². The van der Waals surface area contributed by atoms with E-state index in [1.165, 1.54) is 17.8 Å². The van der Waals surface area contributed by atoms with Crippen molar-refractivity contribution in [3.05, 3.63) is 82.3 Å². The van der Waals surface area contributed by atoms with Crippen LogP contribution in [0.2, 0.25) is 0 Å². The Morgan fingerprint density at radius 2 is 2.13 bits per heavy atom. The normalized spacial score (nSPS) is 15.1.